The minimum absolute atomic E-state index is 0.0136. The Balaban J connectivity index is 0.872. The molecule has 398 valence electrons. The normalized spacial score (nSPS) is 20.0. The molecule has 3 aromatic heterocycles. The summed E-state index contributed by atoms with van der Waals surface area (Å²) in [6, 6.07) is 10.9. The molecule has 2 aliphatic carbocycles. The summed E-state index contributed by atoms with van der Waals surface area (Å²) in [5, 5.41) is 19.6. The van der Waals surface area contributed by atoms with Crippen LogP contribution < -0.4 is 31.9 Å². The van der Waals surface area contributed by atoms with E-state index in [1.54, 1.807) is 43.1 Å². The maximum absolute atomic E-state index is 14.6. The van der Waals surface area contributed by atoms with Crippen LogP contribution in [0.4, 0.5) is 10.7 Å². The van der Waals surface area contributed by atoms with Gasteiger partial charge >= 0.3 is 0 Å². The Morgan fingerprint density at radius 1 is 0.720 bits per heavy atom. The molecule has 20 heteroatoms. The van der Waals surface area contributed by atoms with Crippen LogP contribution in [0.1, 0.15) is 109 Å². The Hall–Kier alpha value is -6.77. The van der Waals surface area contributed by atoms with Gasteiger partial charge in [-0.05, 0) is 108 Å². The fraction of sp³-hybridized carbons (Fsp3) is 0.509. The lowest BCUT2D eigenvalue weighted by atomic mass is 9.83. The molecule has 5 aromatic rings. The number of thiazole rings is 1. The number of hydrogen-bond acceptors (Lipinski definition) is 13. The molecule has 6 amide bonds. The monoisotopic (exact) mass is 1040 g/mol. The van der Waals surface area contributed by atoms with E-state index in [2.05, 4.69) is 46.9 Å². The fourth-order valence-corrected chi connectivity index (χ4v) is 12.1. The molecular weight excluding hydrogens is 973 g/mol. The highest BCUT2D eigenvalue weighted by Gasteiger charge is 2.43. The summed E-state index contributed by atoms with van der Waals surface area (Å²) in [6.45, 7) is 4.64. The number of imidazole rings is 1. The van der Waals surface area contributed by atoms with Gasteiger partial charge in [-0.15, -0.1) is 0 Å². The number of nitrogens with one attached hydrogen (secondary N) is 7. The molecule has 2 saturated carbocycles. The summed E-state index contributed by atoms with van der Waals surface area (Å²) >= 11 is 1.22. The first-order chi connectivity index (χ1) is 36.5. The van der Waals surface area contributed by atoms with E-state index in [4.69, 9.17) is 9.40 Å². The van der Waals surface area contributed by atoms with Crippen molar-refractivity contribution < 1.29 is 33.2 Å². The van der Waals surface area contributed by atoms with Crippen LogP contribution in [0.25, 0.3) is 33.5 Å². The molecule has 4 aliphatic rings. The zero-order chi connectivity index (χ0) is 52.4. The third-order valence-electron chi connectivity index (χ3n) is 15.5. The molecule has 5 heterocycles. The molecule has 0 unspecified atom stereocenters. The first-order valence-electron chi connectivity index (χ1n) is 26.8. The number of oxazole rings is 1. The molecule has 0 radical (unpaired) electrons. The molecule has 2 aromatic carbocycles. The highest BCUT2D eigenvalue weighted by molar-refractivity contribution is 7.19. The number of H-pyrrole nitrogens is 1. The van der Waals surface area contributed by atoms with Gasteiger partial charge in [0.15, 0.2) is 5.01 Å². The summed E-state index contributed by atoms with van der Waals surface area (Å²) in [5.74, 6) is -0.818. The fourth-order valence-electron chi connectivity index (χ4n) is 11.2. The lowest BCUT2D eigenvalue weighted by molar-refractivity contribution is -0.142. The van der Waals surface area contributed by atoms with E-state index in [-0.39, 0.29) is 47.3 Å². The van der Waals surface area contributed by atoms with Gasteiger partial charge in [0, 0.05) is 43.2 Å². The SMILES string of the molecule is CN[C@@H](C)C(=O)N[C@H](C(=O)N1CCC[C@H]1C(=O)Nc1sc(-c2ncco2)nc1-c1cccc(CN[C@@H](C)C(=O)N[C@H](C(=O)N2CCC[C@H]2C(=O)Nc2ccccc2-c2ncc[nH]2)C2CCCCC2)c1)C1CCCCC1. The Kier molecular flexibility index (Phi) is 17.5. The molecule has 9 rings (SSSR count). The van der Waals surface area contributed by atoms with Gasteiger partial charge in [-0.2, -0.15) is 0 Å². The van der Waals surface area contributed by atoms with Crippen LogP contribution >= 0.6 is 11.3 Å². The van der Waals surface area contributed by atoms with Gasteiger partial charge in [-0.1, -0.05) is 80.2 Å². The number of aromatic nitrogens is 4. The van der Waals surface area contributed by atoms with Crippen LogP contribution in [-0.4, -0.2) is 122 Å². The van der Waals surface area contributed by atoms with Crippen LogP contribution in [0.2, 0.25) is 0 Å². The van der Waals surface area contributed by atoms with Gasteiger partial charge in [-0.25, -0.2) is 15.0 Å². The number of likely N-dealkylation sites (N-methyl/N-ethyl adjacent to an activating group) is 1. The minimum atomic E-state index is -0.786. The van der Waals surface area contributed by atoms with E-state index in [1.807, 2.05) is 48.5 Å². The quantitative estimate of drug-likeness (QED) is 0.0461. The van der Waals surface area contributed by atoms with Gasteiger partial charge in [0.25, 0.3) is 5.89 Å². The maximum Gasteiger partial charge on any atom is 0.255 e. The molecule has 19 nitrogen and oxygen atoms in total. The van der Waals surface area contributed by atoms with Crippen molar-refractivity contribution in [2.45, 2.75) is 147 Å². The molecule has 0 spiro atoms. The second-order valence-electron chi connectivity index (χ2n) is 20.5. The van der Waals surface area contributed by atoms with Crippen molar-refractivity contribution >= 4 is 57.5 Å². The number of nitrogens with zero attached hydrogens (tertiary/aromatic N) is 5. The number of aromatic amines is 1. The van der Waals surface area contributed by atoms with Gasteiger partial charge in [0.1, 0.15) is 46.9 Å². The number of rotatable bonds is 19. The predicted molar refractivity (Wildman–Crippen MR) is 286 cm³/mol. The molecule has 2 aliphatic heterocycles. The van der Waals surface area contributed by atoms with Gasteiger partial charge in [0.05, 0.1) is 24.0 Å². The van der Waals surface area contributed by atoms with Crippen LogP contribution in [-0.2, 0) is 35.3 Å². The van der Waals surface area contributed by atoms with E-state index in [1.165, 1.54) is 23.8 Å². The highest BCUT2D eigenvalue weighted by atomic mass is 32.1. The number of hydrogen-bond donors (Lipinski definition) is 7. The zero-order valence-electron chi connectivity index (χ0n) is 43.1. The van der Waals surface area contributed by atoms with Crippen molar-refractivity contribution in [1.29, 1.82) is 0 Å². The van der Waals surface area contributed by atoms with Gasteiger partial charge < -0.3 is 51.1 Å². The third-order valence-corrected chi connectivity index (χ3v) is 16.5. The molecule has 4 fully saturated rings. The Morgan fingerprint density at radius 3 is 1.95 bits per heavy atom. The van der Waals surface area contributed by atoms with Crippen molar-refractivity contribution in [2.75, 3.05) is 30.8 Å². The lowest BCUT2D eigenvalue weighted by Crippen LogP contribution is -2.57. The number of likely N-dealkylation sites (tertiary alicyclic amines) is 2. The lowest BCUT2D eigenvalue weighted by Gasteiger charge is -2.35. The van der Waals surface area contributed by atoms with E-state index < -0.39 is 36.3 Å². The van der Waals surface area contributed by atoms with Crippen molar-refractivity contribution in [2.24, 2.45) is 11.8 Å². The largest absolute Gasteiger partial charge is 0.443 e. The van der Waals surface area contributed by atoms with Crippen LogP contribution in [0, 0.1) is 11.8 Å². The summed E-state index contributed by atoms with van der Waals surface area (Å²) < 4.78 is 5.63. The molecule has 2 saturated heterocycles. The highest BCUT2D eigenvalue weighted by Crippen LogP contribution is 2.39. The Bertz CT molecular complexity index is 2770. The third kappa shape index (κ3) is 12.5. The van der Waals surface area contributed by atoms with Crippen molar-refractivity contribution in [1.82, 2.24) is 51.0 Å². The molecule has 7 N–H and O–H groups in total. The number of carbonyl (C=O) groups is 6. The Morgan fingerprint density at radius 2 is 1.35 bits per heavy atom. The average Bonchev–Trinajstić information content (AvgIpc) is 4.32. The Labute approximate surface area is 441 Å². The number of para-hydroxylation sites is 1. The van der Waals surface area contributed by atoms with Crippen molar-refractivity contribution in [3.8, 4) is 33.5 Å². The van der Waals surface area contributed by atoms with Gasteiger partial charge in [-0.3, -0.25) is 28.8 Å². The summed E-state index contributed by atoms with van der Waals surface area (Å²) in [4.78, 5) is 105. The number of carbonyl (C=O) groups excluding carboxylic acids is 6. The van der Waals surface area contributed by atoms with Crippen molar-refractivity contribution in [3.05, 3.63) is 78.9 Å². The molecule has 75 heavy (non-hydrogen) atoms. The first kappa shape index (κ1) is 53.1. The molecule has 0 bridgehead atoms. The number of benzene rings is 2. The molecular formula is C55H70N12O7S. The van der Waals surface area contributed by atoms with E-state index >= 15 is 0 Å². The topological polar surface area (TPSA) is 249 Å². The second-order valence-corrected chi connectivity index (χ2v) is 21.5. The predicted octanol–water partition coefficient (Wildman–Crippen LogP) is 6.63. The minimum Gasteiger partial charge on any atom is -0.443 e. The first-order valence-corrected chi connectivity index (χ1v) is 27.6. The van der Waals surface area contributed by atoms with Gasteiger partial charge in [0.2, 0.25) is 35.4 Å². The zero-order valence-corrected chi connectivity index (χ0v) is 43.9. The van der Waals surface area contributed by atoms with Crippen molar-refractivity contribution in [3.63, 3.8) is 0 Å². The maximum atomic E-state index is 14.6. The standard InChI is InChI=1S/C55H70N12O7S/c1-33(56-3)47(68)62-44(36-16-6-4-7-17-36)54(72)67-29-14-24-42(67)50(71)65-52-43(64-53(75-52)51-59-27-30-74-51)38-20-12-15-35(31-38)32-60-34(2)48(69)63-45(37-18-8-5-9-19-37)55(73)66-28-13-23-41(66)49(70)61-40-22-11-10-21-39(40)46-57-25-26-58-46/h10-12,15,20-22,25-27,30-31,33-34,36-37,41-42,44-45,56,60H,4-9,13-14,16-19,23-24,28-29,32H2,1-3H3,(H,57,58)(H,61,70)(H,62,68)(H,63,69)(H,65,71)/t33-,34-,41-,42-,44-,45-/m0/s1. The van der Waals surface area contributed by atoms with Crippen LogP contribution in [0.5, 0.6) is 0 Å². The molecule has 6 atom stereocenters. The van der Waals surface area contributed by atoms with E-state index in [9.17, 15) is 28.8 Å². The van der Waals surface area contributed by atoms with E-state index in [0.29, 0.717) is 84.0 Å². The van der Waals surface area contributed by atoms with Crippen LogP contribution in [0.15, 0.2) is 77.8 Å². The average molecular weight is 1040 g/mol. The smallest absolute Gasteiger partial charge is 0.255 e. The van der Waals surface area contributed by atoms with Crippen LogP contribution in [0.3, 0.4) is 0 Å². The summed E-state index contributed by atoms with van der Waals surface area (Å²) in [7, 11) is 1.71. The second kappa shape index (κ2) is 24.7. The summed E-state index contributed by atoms with van der Waals surface area (Å²) in [6.07, 6.45) is 18.0. The van der Waals surface area contributed by atoms with E-state index in [0.717, 1.165) is 75.3 Å². The number of amides is 6. The summed E-state index contributed by atoms with van der Waals surface area (Å²) in [5.41, 5.74) is 3.36. The number of anilines is 2.